The van der Waals surface area contributed by atoms with Gasteiger partial charge in [-0.1, -0.05) is 0 Å². The number of hydrogen-bond donors (Lipinski definition) is 1. The summed E-state index contributed by atoms with van der Waals surface area (Å²) in [4.78, 5) is 14.9. The molecule has 0 atom stereocenters. The summed E-state index contributed by atoms with van der Waals surface area (Å²) < 4.78 is 13.0. The van der Waals surface area contributed by atoms with E-state index in [9.17, 15) is 9.18 Å². The first-order valence-corrected chi connectivity index (χ1v) is 4.02. The number of rotatable bonds is 2. The fraction of sp³-hybridized carbons (Fsp3) is 0.333. The zero-order valence-corrected chi connectivity index (χ0v) is 7.54. The van der Waals surface area contributed by atoms with Gasteiger partial charge in [0.1, 0.15) is 0 Å². The van der Waals surface area contributed by atoms with E-state index in [0.29, 0.717) is 0 Å². The van der Waals surface area contributed by atoms with Crippen LogP contribution in [0.1, 0.15) is 24.3 Å². The van der Waals surface area contributed by atoms with Crippen LogP contribution in [0, 0.1) is 5.82 Å². The van der Waals surface area contributed by atoms with Crippen LogP contribution in [0.2, 0.25) is 0 Å². The average molecular weight is 182 g/mol. The highest BCUT2D eigenvalue weighted by molar-refractivity contribution is 5.92. The number of pyridine rings is 1. The first-order valence-electron chi connectivity index (χ1n) is 4.02. The Bertz CT molecular complexity index is 312. The predicted octanol–water partition coefficient (Wildman–Crippen LogP) is 1.36. The van der Waals surface area contributed by atoms with E-state index < -0.39 is 11.7 Å². The van der Waals surface area contributed by atoms with Crippen LogP contribution in [0.15, 0.2) is 18.3 Å². The van der Waals surface area contributed by atoms with E-state index in [1.807, 2.05) is 0 Å². The molecule has 0 bridgehead atoms. The van der Waals surface area contributed by atoms with Crippen molar-refractivity contribution in [1.29, 1.82) is 0 Å². The summed E-state index contributed by atoms with van der Waals surface area (Å²) in [5.41, 5.74) is -0.156. The zero-order chi connectivity index (χ0) is 9.84. The van der Waals surface area contributed by atoms with Gasteiger partial charge in [-0.3, -0.25) is 4.79 Å². The summed E-state index contributed by atoms with van der Waals surface area (Å²) in [6.07, 6.45) is 1.39. The molecule has 1 aromatic rings. The van der Waals surface area contributed by atoms with Crippen LogP contribution in [-0.2, 0) is 0 Å². The lowest BCUT2D eigenvalue weighted by Gasteiger charge is -2.07. The third kappa shape index (κ3) is 2.50. The summed E-state index contributed by atoms with van der Waals surface area (Å²) in [7, 11) is 0. The second-order valence-electron chi connectivity index (χ2n) is 2.96. The first kappa shape index (κ1) is 9.64. The molecule has 4 heteroatoms. The lowest BCUT2D eigenvalue weighted by Crippen LogP contribution is -2.31. The van der Waals surface area contributed by atoms with Crippen LogP contribution in [0.3, 0.4) is 0 Å². The molecule has 0 unspecified atom stereocenters. The van der Waals surface area contributed by atoms with Gasteiger partial charge in [-0.25, -0.2) is 9.37 Å². The Balaban J connectivity index is 2.83. The molecule has 0 fully saturated rings. The molecule has 1 N–H and O–H groups in total. The minimum atomic E-state index is -0.597. The largest absolute Gasteiger partial charge is 0.348 e. The smallest absolute Gasteiger partial charge is 0.273 e. The molecule has 1 amide bonds. The van der Waals surface area contributed by atoms with Crippen LogP contribution in [0.4, 0.5) is 4.39 Å². The lowest BCUT2D eigenvalue weighted by atomic mass is 10.3. The van der Waals surface area contributed by atoms with Gasteiger partial charge in [0.25, 0.3) is 5.91 Å². The number of halogens is 1. The molecule has 0 radical (unpaired) electrons. The Labute approximate surface area is 76.0 Å². The van der Waals surface area contributed by atoms with E-state index in [4.69, 9.17) is 0 Å². The molecule has 70 valence electrons. The van der Waals surface area contributed by atoms with Crippen molar-refractivity contribution in [2.75, 3.05) is 0 Å². The highest BCUT2D eigenvalue weighted by Crippen LogP contribution is 2.02. The number of nitrogens with one attached hydrogen (secondary N) is 1. The van der Waals surface area contributed by atoms with E-state index in [1.165, 1.54) is 18.3 Å². The quantitative estimate of drug-likeness (QED) is 0.750. The van der Waals surface area contributed by atoms with Gasteiger partial charge in [-0.05, 0) is 26.0 Å². The van der Waals surface area contributed by atoms with Crippen LogP contribution >= 0.6 is 0 Å². The minimum Gasteiger partial charge on any atom is -0.348 e. The lowest BCUT2D eigenvalue weighted by molar-refractivity contribution is 0.0933. The average Bonchev–Trinajstić information content (AvgIpc) is 2.03. The Kier molecular flexibility index (Phi) is 2.95. The second kappa shape index (κ2) is 3.98. The third-order valence-corrected chi connectivity index (χ3v) is 1.39. The van der Waals surface area contributed by atoms with Gasteiger partial charge in [0, 0.05) is 12.2 Å². The van der Waals surface area contributed by atoms with E-state index in [2.05, 4.69) is 10.3 Å². The van der Waals surface area contributed by atoms with E-state index in [1.54, 1.807) is 13.8 Å². The van der Waals surface area contributed by atoms with E-state index >= 15 is 0 Å². The summed E-state index contributed by atoms with van der Waals surface area (Å²) in [5, 5.41) is 2.56. The van der Waals surface area contributed by atoms with Crippen LogP contribution in [0.25, 0.3) is 0 Å². The van der Waals surface area contributed by atoms with E-state index in [0.717, 1.165) is 0 Å². The maximum Gasteiger partial charge on any atom is 0.273 e. The van der Waals surface area contributed by atoms with Gasteiger partial charge in [0.05, 0.1) is 0 Å². The van der Waals surface area contributed by atoms with Gasteiger partial charge in [-0.2, -0.15) is 0 Å². The molecule has 3 nitrogen and oxygen atoms in total. The third-order valence-electron chi connectivity index (χ3n) is 1.39. The standard InChI is InChI=1S/C9H11FN2O/c1-6(2)12-9(13)8-7(10)4-3-5-11-8/h3-6H,1-2H3,(H,12,13). The molecule has 0 saturated carbocycles. The number of amides is 1. The van der Waals surface area contributed by atoms with Gasteiger partial charge in [0.2, 0.25) is 0 Å². The maximum absolute atomic E-state index is 13.0. The maximum atomic E-state index is 13.0. The fourth-order valence-corrected chi connectivity index (χ4v) is 0.883. The number of carbonyl (C=O) groups excluding carboxylic acids is 1. The normalized spacial score (nSPS) is 10.2. The van der Waals surface area contributed by atoms with Gasteiger partial charge in [-0.15, -0.1) is 0 Å². The Morgan fingerprint density at radius 1 is 1.62 bits per heavy atom. The molecule has 0 aromatic carbocycles. The highest BCUT2D eigenvalue weighted by atomic mass is 19.1. The molecular formula is C9H11FN2O. The SMILES string of the molecule is CC(C)NC(=O)c1ncccc1F. The zero-order valence-electron chi connectivity index (χ0n) is 7.54. The number of hydrogen-bond acceptors (Lipinski definition) is 2. The van der Waals surface area contributed by atoms with Crippen LogP contribution < -0.4 is 5.32 Å². The number of aromatic nitrogens is 1. The monoisotopic (exact) mass is 182 g/mol. The second-order valence-corrected chi connectivity index (χ2v) is 2.96. The minimum absolute atomic E-state index is 0.0195. The topological polar surface area (TPSA) is 42.0 Å². The summed E-state index contributed by atoms with van der Waals surface area (Å²) in [6, 6.07) is 2.64. The molecule has 0 saturated heterocycles. The van der Waals surface area contributed by atoms with Crippen molar-refractivity contribution >= 4 is 5.91 Å². The number of carbonyl (C=O) groups is 1. The molecule has 1 aromatic heterocycles. The Hall–Kier alpha value is -1.45. The van der Waals surface area contributed by atoms with Crippen molar-refractivity contribution in [1.82, 2.24) is 10.3 Å². The van der Waals surface area contributed by atoms with Crippen molar-refractivity contribution in [3.8, 4) is 0 Å². The van der Waals surface area contributed by atoms with E-state index in [-0.39, 0.29) is 11.7 Å². The van der Waals surface area contributed by atoms with Crippen molar-refractivity contribution in [2.45, 2.75) is 19.9 Å². The molecule has 0 aliphatic heterocycles. The molecule has 1 rings (SSSR count). The molecule has 1 heterocycles. The van der Waals surface area contributed by atoms with Crippen molar-refractivity contribution in [3.63, 3.8) is 0 Å². The molecular weight excluding hydrogens is 171 g/mol. The van der Waals surface area contributed by atoms with Gasteiger partial charge < -0.3 is 5.32 Å². The highest BCUT2D eigenvalue weighted by Gasteiger charge is 2.12. The summed E-state index contributed by atoms with van der Waals surface area (Å²) in [5.74, 6) is -1.08. The van der Waals surface area contributed by atoms with Crippen LogP contribution in [-0.4, -0.2) is 16.9 Å². The fourth-order valence-electron chi connectivity index (χ4n) is 0.883. The van der Waals surface area contributed by atoms with Crippen LogP contribution in [0.5, 0.6) is 0 Å². The molecule has 0 spiro atoms. The first-order chi connectivity index (χ1) is 6.11. The van der Waals surface area contributed by atoms with Gasteiger partial charge in [0.15, 0.2) is 11.5 Å². The Morgan fingerprint density at radius 2 is 2.31 bits per heavy atom. The number of nitrogens with zero attached hydrogens (tertiary/aromatic N) is 1. The van der Waals surface area contributed by atoms with Crippen molar-refractivity contribution in [2.24, 2.45) is 0 Å². The molecule has 13 heavy (non-hydrogen) atoms. The molecule has 0 aliphatic carbocycles. The van der Waals surface area contributed by atoms with Crippen molar-refractivity contribution in [3.05, 3.63) is 29.8 Å². The van der Waals surface area contributed by atoms with Crippen molar-refractivity contribution < 1.29 is 9.18 Å². The summed E-state index contributed by atoms with van der Waals surface area (Å²) in [6.45, 7) is 3.61. The van der Waals surface area contributed by atoms with Gasteiger partial charge >= 0.3 is 0 Å². The predicted molar refractivity (Wildman–Crippen MR) is 46.8 cm³/mol. The molecule has 0 aliphatic rings. The Morgan fingerprint density at radius 3 is 2.85 bits per heavy atom. The summed E-state index contributed by atoms with van der Waals surface area (Å²) >= 11 is 0.